The zero-order chi connectivity index (χ0) is 15.5. The molecule has 0 amide bonds. The molecule has 0 saturated heterocycles. The van der Waals surface area contributed by atoms with Crippen LogP contribution in [0.2, 0.25) is 0 Å². The molecule has 0 aliphatic heterocycles. The van der Waals surface area contributed by atoms with Crippen molar-refractivity contribution in [2.45, 2.75) is 32.2 Å². The van der Waals surface area contributed by atoms with Crippen molar-refractivity contribution in [1.82, 2.24) is 9.71 Å². The zero-order valence-electron chi connectivity index (χ0n) is 12.3. The fourth-order valence-electron chi connectivity index (χ4n) is 2.72. The van der Waals surface area contributed by atoms with Crippen LogP contribution in [0.4, 0.5) is 5.82 Å². The predicted molar refractivity (Wildman–Crippen MR) is 81.3 cm³/mol. The normalized spacial score (nSPS) is 22.0. The number of aromatic nitrogens is 1. The van der Waals surface area contributed by atoms with Crippen molar-refractivity contribution in [3.8, 4) is 6.07 Å². The fourth-order valence-corrected chi connectivity index (χ4v) is 3.58. The van der Waals surface area contributed by atoms with Gasteiger partial charge >= 0.3 is 0 Å². The third-order valence-corrected chi connectivity index (χ3v) is 4.44. The van der Waals surface area contributed by atoms with Gasteiger partial charge in [-0.05, 0) is 37.8 Å². The maximum absolute atomic E-state index is 11.4. The Morgan fingerprint density at radius 3 is 2.86 bits per heavy atom. The van der Waals surface area contributed by atoms with E-state index in [4.69, 9.17) is 5.26 Å². The third-order valence-electron chi connectivity index (χ3n) is 3.71. The van der Waals surface area contributed by atoms with Crippen LogP contribution in [0.5, 0.6) is 0 Å². The summed E-state index contributed by atoms with van der Waals surface area (Å²) in [7, 11) is -3.19. The summed E-state index contributed by atoms with van der Waals surface area (Å²) >= 11 is 0. The molecule has 114 valence electrons. The molecule has 0 spiro atoms. The summed E-state index contributed by atoms with van der Waals surface area (Å²) in [6.07, 6.45) is 4.01. The summed E-state index contributed by atoms with van der Waals surface area (Å²) in [4.78, 5) is 4.33. The summed E-state index contributed by atoms with van der Waals surface area (Å²) in [5.74, 6) is 0.788. The van der Waals surface area contributed by atoms with Gasteiger partial charge in [0.25, 0.3) is 0 Å². The summed E-state index contributed by atoms with van der Waals surface area (Å²) in [5, 5.41) is 12.3. The smallest absolute Gasteiger partial charge is 0.208 e. The number of nitriles is 1. The first-order valence-electron chi connectivity index (χ1n) is 6.98. The van der Waals surface area contributed by atoms with Crippen molar-refractivity contribution >= 4 is 15.8 Å². The van der Waals surface area contributed by atoms with E-state index in [0.29, 0.717) is 17.9 Å². The molecular weight excluding hydrogens is 288 g/mol. The van der Waals surface area contributed by atoms with Gasteiger partial charge in [0.2, 0.25) is 10.0 Å². The van der Waals surface area contributed by atoms with Crippen LogP contribution in [-0.4, -0.2) is 32.2 Å². The van der Waals surface area contributed by atoms with E-state index in [2.05, 4.69) is 21.1 Å². The zero-order valence-corrected chi connectivity index (χ0v) is 13.1. The number of pyridine rings is 1. The number of rotatable bonds is 5. The lowest BCUT2D eigenvalue weighted by molar-refractivity contribution is 0.463. The molecule has 2 N–H and O–H groups in total. The third kappa shape index (κ3) is 4.41. The van der Waals surface area contributed by atoms with Gasteiger partial charge in [0.1, 0.15) is 11.9 Å². The quantitative estimate of drug-likeness (QED) is 0.857. The van der Waals surface area contributed by atoms with Gasteiger partial charge in [-0.15, -0.1) is 0 Å². The molecule has 1 saturated carbocycles. The highest BCUT2D eigenvalue weighted by Gasteiger charge is 2.29. The van der Waals surface area contributed by atoms with Crippen LogP contribution in [-0.2, 0) is 10.0 Å². The molecule has 1 aromatic heterocycles. The summed E-state index contributed by atoms with van der Waals surface area (Å²) in [5.41, 5.74) is 1.35. The maximum Gasteiger partial charge on any atom is 0.208 e. The number of hydrogen-bond donors (Lipinski definition) is 2. The second-order valence-corrected chi connectivity index (χ2v) is 7.31. The Morgan fingerprint density at radius 2 is 2.19 bits per heavy atom. The van der Waals surface area contributed by atoms with Crippen LogP contribution < -0.4 is 10.0 Å². The van der Waals surface area contributed by atoms with E-state index in [-0.39, 0.29) is 12.0 Å². The van der Waals surface area contributed by atoms with Crippen LogP contribution in [0, 0.1) is 24.2 Å². The van der Waals surface area contributed by atoms with Gasteiger partial charge in [0.05, 0.1) is 11.8 Å². The van der Waals surface area contributed by atoms with E-state index < -0.39 is 10.0 Å². The average Bonchev–Trinajstić information content (AvgIpc) is 2.81. The molecule has 1 fully saturated rings. The molecule has 0 unspecified atom stereocenters. The Morgan fingerprint density at radius 1 is 1.43 bits per heavy atom. The largest absolute Gasteiger partial charge is 0.369 e. The summed E-state index contributed by atoms with van der Waals surface area (Å²) in [6, 6.07) is 5.61. The highest BCUT2D eigenvalue weighted by molar-refractivity contribution is 7.88. The molecule has 2 atom stereocenters. The van der Waals surface area contributed by atoms with Crippen molar-refractivity contribution < 1.29 is 8.42 Å². The van der Waals surface area contributed by atoms with E-state index in [9.17, 15) is 8.42 Å². The molecule has 6 nitrogen and oxygen atoms in total. The lowest BCUT2D eigenvalue weighted by atomic mass is 10.0. The predicted octanol–water partition coefficient (Wildman–Crippen LogP) is 1.39. The number of aryl methyl sites for hydroxylation is 1. The Bertz CT molecular complexity index is 651. The number of nitrogens with one attached hydrogen (secondary N) is 2. The van der Waals surface area contributed by atoms with E-state index in [1.54, 1.807) is 12.1 Å². The molecule has 1 aromatic rings. The van der Waals surface area contributed by atoms with Crippen molar-refractivity contribution in [2.75, 3.05) is 18.1 Å². The SMILES string of the molecule is Cc1ccc(C#N)c(NC[C@@H]2CCC[C@H]2NS(C)(=O)=O)n1. The Hall–Kier alpha value is -1.65. The first-order valence-corrected chi connectivity index (χ1v) is 8.87. The number of nitrogens with zero attached hydrogens (tertiary/aromatic N) is 2. The molecule has 21 heavy (non-hydrogen) atoms. The average molecular weight is 308 g/mol. The molecule has 1 aliphatic carbocycles. The minimum absolute atomic E-state index is 0.0390. The van der Waals surface area contributed by atoms with E-state index >= 15 is 0 Å². The van der Waals surface area contributed by atoms with Crippen molar-refractivity contribution in [3.05, 3.63) is 23.4 Å². The second-order valence-electron chi connectivity index (χ2n) is 5.53. The van der Waals surface area contributed by atoms with E-state index in [0.717, 1.165) is 25.0 Å². The Balaban J connectivity index is 2.02. The fraction of sp³-hybridized carbons (Fsp3) is 0.571. The van der Waals surface area contributed by atoms with Crippen molar-refractivity contribution in [3.63, 3.8) is 0 Å². The molecule has 0 radical (unpaired) electrons. The van der Waals surface area contributed by atoms with Gasteiger partial charge in [-0.2, -0.15) is 5.26 Å². The van der Waals surface area contributed by atoms with Crippen molar-refractivity contribution in [1.29, 1.82) is 5.26 Å². The Labute approximate surface area is 125 Å². The molecule has 0 bridgehead atoms. The van der Waals surface area contributed by atoms with Gasteiger partial charge in [-0.1, -0.05) is 6.42 Å². The Kier molecular flexibility index (Phi) is 4.80. The first kappa shape index (κ1) is 15.7. The van der Waals surface area contributed by atoms with Gasteiger partial charge in [0, 0.05) is 18.3 Å². The van der Waals surface area contributed by atoms with Crippen LogP contribution in [0.25, 0.3) is 0 Å². The van der Waals surface area contributed by atoms with Gasteiger partial charge in [-0.25, -0.2) is 18.1 Å². The number of hydrogen-bond acceptors (Lipinski definition) is 5. The monoisotopic (exact) mass is 308 g/mol. The van der Waals surface area contributed by atoms with Gasteiger partial charge in [0.15, 0.2) is 0 Å². The highest BCUT2D eigenvalue weighted by Crippen LogP contribution is 2.26. The van der Waals surface area contributed by atoms with Crippen LogP contribution in [0.1, 0.15) is 30.5 Å². The molecule has 7 heteroatoms. The topological polar surface area (TPSA) is 94.9 Å². The molecule has 1 heterocycles. The van der Waals surface area contributed by atoms with Crippen LogP contribution >= 0.6 is 0 Å². The van der Waals surface area contributed by atoms with E-state index in [1.807, 2.05) is 6.92 Å². The standard InChI is InChI=1S/C14H20N4O2S/c1-10-6-7-11(8-15)14(17-10)16-9-12-4-3-5-13(12)18-21(2,19)20/h6-7,12-13,18H,3-5,9H2,1-2H3,(H,16,17)/t12-,13+/m0/s1. The molecular formula is C14H20N4O2S. The lowest BCUT2D eigenvalue weighted by Crippen LogP contribution is -2.39. The lowest BCUT2D eigenvalue weighted by Gasteiger charge is -2.21. The summed E-state index contributed by atoms with van der Waals surface area (Å²) < 4.78 is 25.4. The van der Waals surface area contributed by atoms with Gasteiger partial charge < -0.3 is 5.32 Å². The maximum atomic E-state index is 11.4. The van der Waals surface area contributed by atoms with Crippen LogP contribution in [0.15, 0.2) is 12.1 Å². The molecule has 0 aromatic carbocycles. The van der Waals surface area contributed by atoms with Gasteiger partial charge in [-0.3, -0.25) is 0 Å². The minimum atomic E-state index is -3.19. The number of anilines is 1. The number of sulfonamides is 1. The molecule has 2 rings (SSSR count). The van der Waals surface area contributed by atoms with Crippen molar-refractivity contribution in [2.24, 2.45) is 5.92 Å². The minimum Gasteiger partial charge on any atom is -0.369 e. The first-order chi connectivity index (χ1) is 9.89. The summed E-state index contributed by atoms with van der Waals surface area (Å²) in [6.45, 7) is 2.48. The molecule has 1 aliphatic rings. The van der Waals surface area contributed by atoms with Crippen LogP contribution in [0.3, 0.4) is 0 Å². The second kappa shape index (κ2) is 6.41. The van der Waals surface area contributed by atoms with E-state index in [1.165, 1.54) is 6.26 Å². The highest BCUT2D eigenvalue weighted by atomic mass is 32.2.